The van der Waals surface area contributed by atoms with E-state index in [9.17, 15) is 4.79 Å². The number of nitrogens with zero attached hydrogens (tertiary/aromatic N) is 1. The van der Waals surface area contributed by atoms with Crippen molar-refractivity contribution in [1.29, 1.82) is 0 Å². The topological polar surface area (TPSA) is 67.0 Å². The van der Waals surface area contributed by atoms with Crippen LogP contribution in [0.25, 0.3) is 10.9 Å². The molecule has 0 spiro atoms. The molecule has 0 aliphatic carbocycles. The number of halogens is 1. The summed E-state index contributed by atoms with van der Waals surface area (Å²) < 4.78 is 5.51. The molecule has 1 aliphatic heterocycles. The molecule has 2 N–H and O–H groups in total. The number of H-pyrrole nitrogens is 1. The fourth-order valence-corrected chi connectivity index (χ4v) is 2.78. The lowest BCUT2D eigenvalue weighted by molar-refractivity contribution is 0.0275. The molecule has 1 aliphatic rings. The van der Waals surface area contributed by atoms with Crippen molar-refractivity contribution in [1.82, 2.24) is 15.3 Å². The molecule has 1 atom stereocenters. The summed E-state index contributed by atoms with van der Waals surface area (Å²) in [5.41, 5.74) is 0.409. The number of benzene rings is 1. The monoisotopic (exact) mass is 307 g/mol. The van der Waals surface area contributed by atoms with Gasteiger partial charge in [0.15, 0.2) is 0 Å². The smallest absolute Gasteiger partial charge is 0.258 e. The molecule has 1 unspecified atom stereocenters. The standard InChI is InChI=1S/C15H18ClN3O2/c1-15(5-2-6-21-9-15)17-8-13-18-12-7-10(16)3-4-11(12)14(20)19-13/h3-4,7,17H,2,5-6,8-9H2,1H3,(H,18,19,20). The van der Waals surface area contributed by atoms with E-state index in [0.29, 0.717) is 34.9 Å². The van der Waals surface area contributed by atoms with Gasteiger partial charge < -0.3 is 15.0 Å². The number of nitrogens with one attached hydrogen (secondary N) is 2. The highest BCUT2D eigenvalue weighted by Crippen LogP contribution is 2.19. The van der Waals surface area contributed by atoms with E-state index >= 15 is 0 Å². The molecular weight excluding hydrogens is 290 g/mol. The Hall–Kier alpha value is -1.43. The van der Waals surface area contributed by atoms with Crippen molar-refractivity contribution >= 4 is 22.5 Å². The molecule has 0 bridgehead atoms. The van der Waals surface area contributed by atoms with Gasteiger partial charge in [0.1, 0.15) is 5.82 Å². The minimum Gasteiger partial charge on any atom is -0.380 e. The van der Waals surface area contributed by atoms with Crippen LogP contribution >= 0.6 is 11.6 Å². The first-order chi connectivity index (χ1) is 10.1. The molecule has 2 heterocycles. The molecule has 0 radical (unpaired) electrons. The summed E-state index contributed by atoms with van der Waals surface area (Å²) in [6, 6.07) is 5.09. The molecule has 0 saturated carbocycles. The van der Waals surface area contributed by atoms with Crippen molar-refractivity contribution in [2.75, 3.05) is 13.2 Å². The van der Waals surface area contributed by atoms with Gasteiger partial charge in [0.25, 0.3) is 5.56 Å². The van der Waals surface area contributed by atoms with Crippen LogP contribution in [0.5, 0.6) is 0 Å². The average Bonchev–Trinajstić information content (AvgIpc) is 2.45. The van der Waals surface area contributed by atoms with Crippen molar-refractivity contribution in [2.45, 2.75) is 31.8 Å². The van der Waals surface area contributed by atoms with Gasteiger partial charge in [-0.3, -0.25) is 4.79 Å². The molecule has 6 heteroatoms. The average molecular weight is 308 g/mol. The zero-order chi connectivity index (χ0) is 14.9. The first-order valence-corrected chi connectivity index (χ1v) is 7.45. The summed E-state index contributed by atoms with van der Waals surface area (Å²) in [4.78, 5) is 19.3. The Morgan fingerprint density at radius 2 is 2.38 bits per heavy atom. The van der Waals surface area contributed by atoms with Gasteiger partial charge in [-0.25, -0.2) is 4.98 Å². The maximum absolute atomic E-state index is 12.1. The Bertz CT molecular complexity index is 708. The van der Waals surface area contributed by atoms with Crippen LogP contribution in [0.3, 0.4) is 0 Å². The van der Waals surface area contributed by atoms with E-state index in [1.54, 1.807) is 18.2 Å². The SMILES string of the molecule is CC1(NCc2nc3cc(Cl)ccc3c(=O)[nH]2)CCCOC1. The Labute approximate surface area is 127 Å². The zero-order valence-corrected chi connectivity index (χ0v) is 12.7. The van der Waals surface area contributed by atoms with E-state index < -0.39 is 0 Å². The van der Waals surface area contributed by atoms with Gasteiger partial charge in [-0.2, -0.15) is 0 Å². The van der Waals surface area contributed by atoms with Crippen molar-refractivity contribution < 1.29 is 4.74 Å². The summed E-state index contributed by atoms with van der Waals surface area (Å²) in [5, 5.41) is 4.56. The van der Waals surface area contributed by atoms with Crippen molar-refractivity contribution in [3.63, 3.8) is 0 Å². The van der Waals surface area contributed by atoms with Gasteiger partial charge in [-0.1, -0.05) is 11.6 Å². The highest BCUT2D eigenvalue weighted by atomic mass is 35.5. The number of fused-ring (bicyclic) bond motifs is 1. The highest BCUT2D eigenvalue weighted by molar-refractivity contribution is 6.31. The zero-order valence-electron chi connectivity index (χ0n) is 11.9. The molecule has 2 aromatic rings. The van der Waals surface area contributed by atoms with Crippen LogP contribution in [-0.4, -0.2) is 28.7 Å². The van der Waals surface area contributed by atoms with Gasteiger partial charge in [0.05, 0.1) is 24.1 Å². The number of rotatable bonds is 3. The molecule has 5 nitrogen and oxygen atoms in total. The predicted octanol–water partition coefficient (Wildman–Crippen LogP) is 2.24. The number of aromatic nitrogens is 2. The third kappa shape index (κ3) is 3.26. The fourth-order valence-electron chi connectivity index (χ4n) is 2.62. The Morgan fingerprint density at radius 3 is 3.14 bits per heavy atom. The maximum atomic E-state index is 12.1. The lowest BCUT2D eigenvalue weighted by Crippen LogP contribution is -2.48. The van der Waals surface area contributed by atoms with Crippen molar-refractivity contribution in [3.8, 4) is 0 Å². The summed E-state index contributed by atoms with van der Waals surface area (Å²) in [7, 11) is 0. The predicted molar refractivity (Wildman–Crippen MR) is 82.7 cm³/mol. The summed E-state index contributed by atoms with van der Waals surface area (Å²) in [5.74, 6) is 0.613. The van der Waals surface area contributed by atoms with E-state index in [1.807, 2.05) is 0 Å². The maximum Gasteiger partial charge on any atom is 0.258 e. The van der Waals surface area contributed by atoms with Crippen LogP contribution in [0, 0.1) is 0 Å². The van der Waals surface area contributed by atoms with Crippen LogP contribution < -0.4 is 10.9 Å². The van der Waals surface area contributed by atoms with Gasteiger partial charge in [-0.05, 0) is 38.0 Å². The lowest BCUT2D eigenvalue weighted by atomic mass is 9.95. The summed E-state index contributed by atoms with van der Waals surface area (Å²) in [6.45, 7) is 4.12. The van der Waals surface area contributed by atoms with Gasteiger partial charge in [0.2, 0.25) is 0 Å². The molecule has 1 fully saturated rings. The van der Waals surface area contributed by atoms with E-state index in [4.69, 9.17) is 16.3 Å². The summed E-state index contributed by atoms with van der Waals surface area (Å²) >= 11 is 5.96. The fraction of sp³-hybridized carbons (Fsp3) is 0.467. The Kier molecular flexibility index (Phi) is 3.97. The summed E-state index contributed by atoms with van der Waals surface area (Å²) in [6.07, 6.45) is 2.09. The Morgan fingerprint density at radius 1 is 1.52 bits per heavy atom. The quantitative estimate of drug-likeness (QED) is 0.912. The largest absolute Gasteiger partial charge is 0.380 e. The third-order valence-electron chi connectivity index (χ3n) is 3.84. The van der Waals surface area contributed by atoms with E-state index in [1.165, 1.54) is 0 Å². The van der Waals surface area contributed by atoms with Crippen LogP contribution in [0.4, 0.5) is 0 Å². The van der Waals surface area contributed by atoms with Crippen LogP contribution in [0.1, 0.15) is 25.6 Å². The molecule has 1 saturated heterocycles. The van der Waals surface area contributed by atoms with Crippen LogP contribution in [-0.2, 0) is 11.3 Å². The molecule has 3 rings (SSSR count). The van der Waals surface area contributed by atoms with E-state index in [0.717, 1.165) is 19.4 Å². The normalized spacial score (nSPS) is 22.6. The number of hydrogen-bond acceptors (Lipinski definition) is 4. The van der Waals surface area contributed by atoms with Crippen LogP contribution in [0.2, 0.25) is 5.02 Å². The second kappa shape index (κ2) is 5.75. The highest BCUT2D eigenvalue weighted by Gasteiger charge is 2.26. The minimum absolute atomic E-state index is 0.0693. The first-order valence-electron chi connectivity index (χ1n) is 7.07. The van der Waals surface area contributed by atoms with Gasteiger partial charge in [0, 0.05) is 17.2 Å². The lowest BCUT2D eigenvalue weighted by Gasteiger charge is -2.34. The number of ether oxygens (including phenoxy) is 1. The van der Waals surface area contributed by atoms with Gasteiger partial charge >= 0.3 is 0 Å². The molecule has 1 aromatic heterocycles. The van der Waals surface area contributed by atoms with Crippen LogP contribution in [0.15, 0.2) is 23.0 Å². The molecule has 0 amide bonds. The van der Waals surface area contributed by atoms with Gasteiger partial charge in [-0.15, -0.1) is 0 Å². The number of hydrogen-bond donors (Lipinski definition) is 2. The third-order valence-corrected chi connectivity index (χ3v) is 4.07. The molecule has 112 valence electrons. The molecule has 21 heavy (non-hydrogen) atoms. The van der Waals surface area contributed by atoms with Crippen molar-refractivity contribution in [3.05, 3.63) is 39.4 Å². The first kappa shape index (κ1) is 14.5. The van der Waals surface area contributed by atoms with Crippen molar-refractivity contribution in [2.24, 2.45) is 0 Å². The molecular formula is C15H18ClN3O2. The Balaban J connectivity index is 1.82. The second-order valence-electron chi connectivity index (χ2n) is 5.74. The molecule has 1 aromatic carbocycles. The second-order valence-corrected chi connectivity index (χ2v) is 6.18. The van der Waals surface area contributed by atoms with E-state index in [2.05, 4.69) is 22.2 Å². The number of aromatic amines is 1. The van der Waals surface area contributed by atoms with E-state index in [-0.39, 0.29) is 11.1 Å². The minimum atomic E-state index is -0.140.